The van der Waals surface area contributed by atoms with Crippen LogP contribution in [0, 0.1) is 0 Å². The second-order valence-electron chi connectivity index (χ2n) is 2.77. The van der Waals surface area contributed by atoms with Crippen LogP contribution < -0.4 is 5.69 Å². The van der Waals surface area contributed by atoms with Crippen molar-refractivity contribution in [1.82, 2.24) is 9.55 Å². The van der Waals surface area contributed by atoms with Crippen molar-refractivity contribution in [1.29, 1.82) is 0 Å². The quantitative estimate of drug-likeness (QED) is 0.776. The molecule has 1 heterocycles. The zero-order chi connectivity index (χ0) is 9.59. The number of H-pyrrole nitrogens is 1. The Balaban J connectivity index is 2.97. The van der Waals surface area contributed by atoms with E-state index in [1.165, 1.54) is 4.57 Å². The molecule has 0 spiro atoms. The molecule has 0 saturated carbocycles. The van der Waals surface area contributed by atoms with Gasteiger partial charge in [-0.15, -0.1) is 0 Å². The number of fused-ring (bicyclic) bond motifs is 1. The van der Waals surface area contributed by atoms with Crippen LogP contribution in [-0.2, 0) is 7.05 Å². The standard InChI is InChI=1S/C8H6BrClN2O/c1-12-7-2-4(9)5(10)3-6(7)11-8(12)13/h2-3H,1H3,(H,11,13). The van der Waals surface area contributed by atoms with Crippen LogP contribution in [0.15, 0.2) is 21.4 Å². The van der Waals surface area contributed by atoms with E-state index in [0.717, 1.165) is 15.5 Å². The number of aromatic nitrogens is 2. The SMILES string of the molecule is Cn1c(=O)[nH]c2cc(Cl)c(Br)cc21. The van der Waals surface area contributed by atoms with E-state index in [-0.39, 0.29) is 5.69 Å². The van der Waals surface area contributed by atoms with Crippen molar-refractivity contribution in [2.24, 2.45) is 7.05 Å². The summed E-state index contributed by atoms with van der Waals surface area (Å²) in [4.78, 5) is 13.9. The summed E-state index contributed by atoms with van der Waals surface area (Å²) in [7, 11) is 1.71. The molecule has 13 heavy (non-hydrogen) atoms. The largest absolute Gasteiger partial charge is 0.326 e. The highest BCUT2D eigenvalue weighted by atomic mass is 79.9. The number of nitrogens with one attached hydrogen (secondary N) is 1. The van der Waals surface area contributed by atoms with Crippen LogP contribution >= 0.6 is 27.5 Å². The summed E-state index contributed by atoms with van der Waals surface area (Å²) < 4.78 is 2.33. The molecule has 0 aliphatic rings. The fourth-order valence-corrected chi connectivity index (χ4v) is 1.72. The maximum atomic E-state index is 11.2. The third-order valence-electron chi connectivity index (χ3n) is 1.95. The minimum atomic E-state index is -0.135. The van der Waals surface area contributed by atoms with Gasteiger partial charge in [0.25, 0.3) is 0 Å². The predicted molar refractivity (Wildman–Crippen MR) is 56.2 cm³/mol. The third kappa shape index (κ3) is 1.30. The molecule has 2 aromatic rings. The van der Waals surface area contributed by atoms with Crippen LogP contribution in [0.1, 0.15) is 0 Å². The zero-order valence-electron chi connectivity index (χ0n) is 6.77. The van der Waals surface area contributed by atoms with Gasteiger partial charge in [-0.3, -0.25) is 4.57 Å². The third-order valence-corrected chi connectivity index (χ3v) is 3.14. The van der Waals surface area contributed by atoms with Gasteiger partial charge in [0.2, 0.25) is 0 Å². The lowest BCUT2D eigenvalue weighted by atomic mass is 10.3. The number of aromatic amines is 1. The van der Waals surface area contributed by atoms with Crippen molar-refractivity contribution in [2.75, 3.05) is 0 Å². The number of aryl methyl sites for hydroxylation is 1. The molecule has 0 bridgehead atoms. The molecular weight excluding hydrogens is 255 g/mol. The lowest BCUT2D eigenvalue weighted by molar-refractivity contribution is 0.891. The molecule has 0 radical (unpaired) electrons. The van der Waals surface area contributed by atoms with Crippen LogP contribution in [0.3, 0.4) is 0 Å². The van der Waals surface area contributed by atoms with Gasteiger partial charge in [-0.1, -0.05) is 11.6 Å². The van der Waals surface area contributed by atoms with Gasteiger partial charge in [-0.2, -0.15) is 0 Å². The fraction of sp³-hybridized carbons (Fsp3) is 0.125. The van der Waals surface area contributed by atoms with E-state index in [1.54, 1.807) is 13.1 Å². The Kier molecular flexibility index (Phi) is 1.96. The van der Waals surface area contributed by atoms with Crippen LogP contribution in [-0.4, -0.2) is 9.55 Å². The highest BCUT2D eigenvalue weighted by Crippen LogP contribution is 2.26. The maximum Gasteiger partial charge on any atom is 0.326 e. The Morgan fingerprint density at radius 1 is 1.54 bits per heavy atom. The first-order chi connectivity index (χ1) is 6.09. The molecule has 1 aromatic carbocycles. The number of rotatable bonds is 0. The molecule has 0 atom stereocenters. The first-order valence-electron chi connectivity index (χ1n) is 3.63. The van der Waals surface area contributed by atoms with E-state index < -0.39 is 0 Å². The minimum Gasteiger partial charge on any atom is -0.305 e. The highest BCUT2D eigenvalue weighted by molar-refractivity contribution is 9.10. The first-order valence-corrected chi connectivity index (χ1v) is 4.80. The van der Waals surface area contributed by atoms with Crippen LogP contribution in [0.25, 0.3) is 11.0 Å². The van der Waals surface area contributed by atoms with Gasteiger partial charge >= 0.3 is 5.69 Å². The molecule has 0 saturated heterocycles. The van der Waals surface area contributed by atoms with E-state index >= 15 is 0 Å². The van der Waals surface area contributed by atoms with Gasteiger partial charge in [0.1, 0.15) is 0 Å². The number of imidazole rings is 1. The summed E-state index contributed by atoms with van der Waals surface area (Å²) in [5.74, 6) is 0. The summed E-state index contributed by atoms with van der Waals surface area (Å²) in [5.41, 5.74) is 1.45. The highest BCUT2D eigenvalue weighted by Gasteiger charge is 2.05. The molecule has 0 aliphatic heterocycles. The Bertz CT molecular complexity index is 529. The van der Waals surface area contributed by atoms with Gasteiger partial charge in [0.15, 0.2) is 0 Å². The van der Waals surface area contributed by atoms with Crippen molar-refractivity contribution in [3.05, 3.63) is 32.1 Å². The molecule has 3 nitrogen and oxygen atoms in total. The summed E-state index contributed by atoms with van der Waals surface area (Å²) in [6.45, 7) is 0. The van der Waals surface area contributed by atoms with Crippen molar-refractivity contribution in [3.63, 3.8) is 0 Å². The molecule has 1 N–H and O–H groups in total. The molecule has 0 amide bonds. The monoisotopic (exact) mass is 260 g/mol. The topological polar surface area (TPSA) is 37.8 Å². The number of hydrogen-bond acceptors (Lipinski definition) is 1. The van der Waals surface area contributed by atoms with Crippen molar-refractivity contribution >= 4 is 38.6 Å². The lowest BCUT2D eigenvalue weighted by Gasteiger charge is -1.96. The maximum absolute atomic E-state index is 11.2. The molecule has 0 fully saturated rings. The molecule has 0 unspecified atom stereocenters. The Morgan fingerprint density at radius 2 is 2.23 bits per heavy atom. The summed E-state index contributed by atoms with van der Waals surface area (Å²) in [6, 6.07) is 3.54. The van der Waals surface area contributed by atoms with Crippen LogP contribution in [0.4, 0.5) is 0 Å². The summed E-state index contributed by atoms with van der Waals surface area (Å²) in [5, 5.41) is 0.592. The van der Waals surface area contributed by atoms with Crippen molar-refractivity contribution in [2.45, 2.75) is 0 Å². The minimum absolute atomic E-state index is 0.135. The normalized spacial score (nSPS) is 11.0. The Hall–Kier alpha value is -0.740. The van der Waals surface area contributed by atoms with Gasteiger partial charge in [0, 0.05) is 11.5 Å². The first kappa shape index (κ1) is 8.84. The molecule has 0 aliphatic carbocycles. The molecular formula is C8H6BrClN2O. The molecule has 5 heteroatoms. The van der Waals surface area contributed by atoms with E-state index in [9.17, 15) is 4.79 Å². The number of halogens is 2. The Morgan fingerprint density at radius 3 is 2.92 bits per heavy atom. The van der Waals surface area contributed by atoms with Gasteiger partial charge < -0.3 is 4.98 Å². The smallest absolute Gasteiger partial charge is 0.305 e. The van der Waals surface area contributed by atoms with Crippen molar-refractivity contribution in [3.8, 4) is 0 Å². The summed E-state index contributed by atoms with van der Waals surface area (Å²) in [6.07, 6.45) is 0. The number of nitrogens with zero attached hydrogens (tertiary/aromatic N) is 1. The molecule has 2 rings (SSSR count). The average Bonchev–Trinajstić information content (AvgIpc) is 2.32. The fourth-order valence-electron chi connectivity index (χ4n) is 1.22. The average molecular weight is 262 g/mol. The zero-order valence-corrected chi connectivity index (χ0v) is 9.11. The number of benzene rings is 1. The summed E-state index contributed by atoms with van der Waals surface area (Å²) >= 11 is 9.17. The Labute approximate surface area is 87.4 Å². The van der Waals surface area contributed by atoms with Gasteiger partial charge in [0.05, 0.1) is 16.1 Å². The van der Waals surface area contributed by atoms with Gasteiger partial charge in [-0.25, -0.2) is 4.79 Å². The van der Waals surface area contributed by atoms with E-state index in [0.29, 0.717) is 5.02 Å². The van der Waals surface area contributed by atoms with Crippen LogP contribution in [0.5, 0.6) is 0 Å². The number of hydrogen-bond donors (Lipinski definition) is 1. The van der Waals surface area contributed by atoms with Crippen LogP contribution in [0.2, 0.25) is 5.02 Å². The predicted octanol–water partition coefficient (Wildman–Crippen LogP) is 2.28. The van der Waals surface area contributed by atoms with E-state index in [4.69, 9.17) is 11.6 Å². The van der Waals surface area contributed by atoms with E-state index in [1.807, 2.05) is 6.07 Å². The van der Waals surface area contributed by atoms with Gasteiger partial charge in [-0.05, 0) is 28.1 Å². The molecule has 68 valence electrons. The second kappa shape index (κ2) is 2.89. The van der Waals surface area contributed by atoms with Crippen molar-refractivity contribution < 1.29 is 0 Å². The molecule has 1 aromatic heterocycles. The lowest BCUT2D eigenvalue weighted by Crippen LogP contribution is -2.11. The van der Waals surface area contributed by atoms with E-state index in [2.05, 4.69) is 20.9 Å². The second-order valence-corrected chi connectivity index (χ2v) is 4.03.